The zero-order valence-electron chi connectivity index (χ0n) is 9.17. The lowest BCUT2D eigenvalue weighted by molar-refractivity contribution is 0.574. The molecule has 1 aromatic carbocycles. The molecule has 2 nitrogen and oxygen atoms in total. The molecule has 0 spiro atoms. The first-order chi connectivity index (χ1) is 8.43. The van der Waals surface area contributed by atoms with Crippen molar-refractivity contribution in [2.45, 2.75) is 0 Å². The Morgan fingerprint density at radius 2 is 2.06 bits per heavy atom. The van der Waals surface area contributed by atoms with Crippen molar-refractivity contribution in [3.63, 3.8) is 0 Å². The molecule has 1 aliphatic heterocycles. The highest BCUT2D eigenvalue weighted by Gasteiger charge is 2.09. The second-order valence-electron chi connectivity index (χ2n) is 3.70. The molecule has 0 unspecified atom stereocenters. The van der Waals surface area contributed by atoms with E-state index in [0.717, 1.165) is 22.6 Å². The Balaban J connectivity index is 1.93. The summed E-state index contributed by atoms with van der Waals surface area (Å²) in [6.07, 6.45) is 5.95. The molecule has 17 heavy (non-hydrogen) atoms. The van der Waals surface area contributed by atoms with E-state index in [1.807, 2.05) is 30.3 Å². The number of thioether (sulfide) groups is 1. The van der Waals surface area contributed by atoms with Crippen LogP contribution in [-0.2, 0) is 0 Å². The van der Waals surface area contributed by atoms with Crippen LogP contribution in [0.3, 0.4) is 0 Å². The summed E-state index contributed by atoms with van der Waals surface area (Å²) in [5, 5.41) is 2.09. The van der Waals surface area contributed by atoms with Crippen molar-refractivity contribution in [1.82, 2.24) is 4.98 Å². The zero-order valence-corrected chi connectivity index (χ0v) is 9.98. The van der Waals surface area contributed by atoms with Crippen LogP contribution in [0, 0.1) is 0 Å². The number of benzene rings is 1. The average Bonchev–Trinajstić information content (AvgIpc) is 2.90. The van der Waals surface area contributed by atoms with Crippen molar-refractivity contribution in [3.05, 3.63) is 59.8 Å². The van der Waals surface area contributed by atoms with Gasteiger partial charge in [-0.3, -0.25) is 0 Å². The van der Waals surface area contributed by atoms with Crippen molar-refractivity contribution in [1.29, 1.82) is 0 Å². The molecule has 0 bridgehead atoms. The van der Waals surface area contributed by atoms with Crippen LogP contribution in [0.5, 0.6) is 0 Å². The summed E-state index contributed by atoms with van der Waals surface area (Å²) in [7, 11) is 0. The summed E-state index contributed by atoms with van der Waals surface area (Å²) in [5.41, 5.74) is 3.04. The van der Waals surface area contributed by atoms with Gasteiger partial charge in [-0.15, -0.1) is 11.8 Å². The minimum absolute atomic E-state index is 0.674. The zero-order chi connectivity index (χ0) is 11.5. The highest BCUT2D eigenvalue weighted by atomic mass is 32.2. The molecule has 1 aromatic heterocycles. The molecule has 2 aromatic rings. The fourth-order valence-corrected chi connectivity index (χ4v) is 2.32. The standard InChI is InChI=1S/C14H11NOS/c1-2-4-12(5-3-1)14-15-13(10-16-14)11-6-8-17-9-7-11/h1-8,10H,9H2. The molecule has 1 aliphatic rings. The van der Waals surface area contributed by atoms with Gasteiger partial charge in [0.1, 0.15) is 12.0 Å². The Labute approximate surface area is 104 Å². The molecule has 0 saturated heterocycles. The third-order valence-electron chi connectivity index (χ3n) is 2.56. The van der Waals surface area contributed by atoms with Crippen LogP contribution in [0.25, 0.3) is 17.0 Å². The van der Waals surface area contributed by atoms with Crippen molar-refractivity contribution < 1.29 is 4.42 Å². The number of rotatable bonds is 2. The third-order valence-corrected chi connectivity index (χ3v) is 3.25. The van der Waals surface area contributed by atoms with Gasteiger partial charge in [-0.25, -0.2) is 4.98 Å². The highest BCUT2D eigenvalue weighted by molar-refractivity contribution is 8.02. The predicted molar refractivity (Wildman–Crippen MR) is 71.5 cm³/mol. The van der Waals surface area contributed by atoms with Gasteiger partial charge in [0.15, 0.2) is 0 Å². The molecule has 0 saturated carbocycles. The fraction of sp³-hybridized carbons (Fsp3) is 0.0714. The number of hydrogen-bond donors (Lipinski definition) is 0. The molecule has 0 amide bonds. The molecule has 0 N–H and O–H groups in total. The van der Waals surface area contributed by atoms with Crippen molar-refractivity contribution in [3.8, 4) is 11.5 Å². The van der Waals surface area contributed by atoms with Gasteiger partial charge in [-0.1, -0.05) is 24.3 Å². The topological polar surface area (TPSA) is 26.0 Å². The van der Waals surface area contributed by atoms with Gasteiger partial charge >= 0.3 is 0 Å². The molecule has 0 fully saturated rings. The quantitative estimate of drug-likeness (QED) is 0.795. The van der Waals surface area contributed by atoms with Crippen molar-refractivity contribution in [2.75, 3.05) is 5.75 Å². The van der Waals surface area contributed by atoms with Crippen LogP contribution in [0.15, 0.2) is 58.6 Å². The second-order valence-corrected chi connectivity index (χ2v) is 4.64. The first kappa shape index (κ1) is 10.4. The van der Waals surface area contributed by atoms with E-state index in [1.54, 1.807) is 18.0 Å². The lowest BCUT2D eigenvalue weighted by Gasteiger charge is -2.01. The maximum Gasteiger partial charge on any atom is 0.226 e. The Hall–Kier alpha value is -1.74. The predicted octanol–water partition coefficient (Wildman–Crippen LogP) is 3.99. The van der Waals surface area contributed by atoms with E-state index >= 15 is 0 Å². The molecule has 84 valence electrons. The van der Waals surface area contributed by atoms with Gasteiger partial charge < -0.3 is 4.42 Å². The molecular weight excluding hydrogens is 230 g/mol. The van der Waals surface area contributed by atoms with Crippen LogP contribution in [0.2, 0.25) is 0 Å². The van der Waals surface area contributed by atoms with E-state index < -0.39 is 0 Å². The van der Waals surface area contributed by atoms with Crippen LogP contribution in [-0.4, -0.2) is 10.7 Å². The summed E-state index contributed by atoms with van der Waals surface area (Å²) in [6.45, 7) is 0. The lowest BCUT2D eigenvalue weighted by Crippen LogP contribution is -1.86. The monoisotopic (exact) mass is 241 g/mol. The normalized spacial score (nSPS) is 14.7. The fourth-order valence-electron chi connectivity index (χ4n) is 1.69. The summed E-state index contributed by atoms with van der Waals surface area (Å²) in [6, 6.07) is 9.94. The average molecular weight is 241 g/mol. The van der Waals surface area contributed by atoms with Crippen LogP contribution in [0.4, 0.5) is 0 Å². The molecular formula is C14H11NOS. The smallest absolute Gasteiger partial charge is 0.226 e. The maximum atomic E-state index is 5.51. The van der Waals surface area contributed by atoms with Crippen molar-refractivity contribution >= 4 is 17.3 Å². The van der Waals surface area contributed by atoms with Gasteiger partial charge in [0.05, 0.1) is 0 Å². The van der Waals surface area contributed by atoms with E-state index in [4.69, 9.17) is 4.42 Å². The molecule has 0 radical (unpaired) electrons. The van der Waals surface area contributed by atoms with E-state index in [2.05, 4.69) is 22.5 Å². The van der Waals surface area contributed by atoms with E-state index in [-0.39, 0.29) is 0 Å². The summed E-state index contributed by atoms with van der Waals surface area (Å²) >= 11 is 1.78. The van der Waals surface area contributed by atoms with E-state index in [9.17, 15) is 0 Å². The first-order valence-corrected chi connectivity index (χ1v) is 6.48. The van der Waals surface area contributed by atoms with Gasteiger partial charge in [0.25, 0.3) is 0 Å². The Kier molecular flexibility index (Phi) is 2.84. The SMILES string of the molecule is C1=CC(c2coc(-c3ccccc3)n2)=CCS1. The lowest BCUT2D eigenvalue weighted by atomic mass is 10.2. The van der Waals surface area contributed by atoms with Gasteiger partial charge in [-0.05, 0) is 23.6 Å². The Morgan fingerprint density at radius 3 is 2.82 bits per heavy atom. The summed E-state index contributed by atoms with van der Waals surface area (Å²) in [5.74, 6) is 1.67. The maximum absolute atomic E-state index is 5.51. The molecule has 0 aliphatic carbocycles. The highest BCUT2D eigenvalue weighted by Crippen LogP contribution is 2.25. The third kappa shape index (κ3) is 2.19. The van der Waals surface area contributed by atoms with Gasteiger partial charge in [-0.2, -0.15) is 0 Å². The second kappa shape index (κ2) is 4.63. The number of nitrogens with zero attached hydrogens (tertiary/aromatic N) is 1. The van der Waals surface area contributed by atoms with E-state index in [1.165, 1.54) is 0 Å². The van der Waals surface area contributed by atoms with Gasteiger partial charge in [0, 0.05) is 16.9 Å². The Morgan fingerprint density at radius 1 is 1.18 bits per heavy atom. The van der Waals surface area contributed by atoms with Crippen LogP contribution in [0.1, 0.15) is 5.69 Å². The molecule has 0 atom stereocenters. The van der Waals surface area contributed by atoms with Crippen molar-refractivity contribution in [2.24, 2.45) is 0 Å². The first-order valence-electron chi connectivity index (χ1n) is 5.43. The molecule has 2 heterocycles. The number of oxazole rings is 1. The minimum Gasteiger partial charge on any atom is -0.444 e. The van der Waals surface area contributed by atoms with Crippen LogP contribution >= 0.6 is 11.8 Å². The molecule has 3 heteroatoms. The Bertz CT molecular complexity index is 569. The minimum atomic E-state index is 0.674. The number of hydrogen-bond acceptors (Lipinski definition) is 3. The van der Waals surface area contributed by atoms with Crippen LogP contribution < -0.4 is 0 Å². The largest absolute Gasteiger partial charge is 0.444 e. The molecule has 3 rings (SSSR count). The summed E-state index contributed by atoms with van der Waals surface area (Å²) in [4.78, 5) is 4.51. The number of aromatic nitrogens is 1. The number of allylic oxidation sites excluding steroid dienone is 2. The van der Waals surface area contributed by atoms with E-state index in [0.29, 0.717) is 5.89 Å². The summed E-state index contributed by atoms with van der Waals surface area (Å²) < 4.78 is 5.51. The van der Waals surface area contributed by atoms with Gasteiger partial charge in [0.2, 0.25) is 5.89 Å².